The number of methoxy groups -OCH3 is 1. The Kier molecular flexibility index (Phi) is 2.69. The van der Waals surface area contributed by atoms with Crippen LogP contribution in [0.1, 0.15) is 5.69 Å². The van der Waals surface area contributed by atoms with Gasteiger partial charge in [0.1, 0.15) is 5.82 Å². The Balaban J connectivity index is 2.29. The highest BCUT2D eigenvalue weighted by Gasteiger charge is 2.07. The highest BCUT2D eigenvalue weighted by Crippen LogP contribution is 2.25. The molecule has 0 atom stereocenters. The first kappa shape index (κ1) is 9.48. The molecule has 14 heavy (non-hydrogen) atoms. The van der Waals surface area contributed by atoms with Crippen molar-refractivity contribution in [1.82, 2.24) is 14.3 Å². The monoisotopic (exact) mass is 229 g/mol. The van der Waals surface area contributed by atoms with Gasteiger partial charge in [0.2, 0.25) is 5.88 Å². The molecule has 0 aliphatic heterocycles. The van der Waals surface area contributed by atoms with Crippen LogP contribution in [0.3, 0.4) is 0 Å². The number of halogens is 1. The van der Waals surface area contributed by atoms with Crippen LogP contribution in [0.15, 0.2) is 12.3 Å². The number of ether oxygens (including phenoxy) is 1. The molecule has 4 nitrogen and oxygen atoms in total. The summed E-state index contributed by atoms with van der Waals surface area (Å²) in [6, 6.07) is 1.83. The quantitative estimate of drug-likeness (QED) is 0.822. The number of aromatic nitrogens is 3. The molecule has 0 saturated heterocycles. The molecule has 2 rings (SSSR count). The summed E-state index contributed by atoms with van der Waals surface area (Å²) in [6.45, 7) is 0. The van der Waals surface area contributed by atoms with E-state index in [9.17, 15) is 0 Å². The Morgan fingerprint density at radius 1 is 1.64 bits per heavy atom. The number of aromatic amines is 1. The Morgan fingerprint density at radius 3 is 3.07 bits per heavy atom. The average molecular weight is 230 g/mol. The lowest BCUT2D eigenvalue weighted by Crippen LogP contribution is -1.79. The van der Waals surface area contributed by atoms with E-state index in [1.165, 1.54) is 11.5 Å². The number of imidazole rings is 1. The molecule has 0 fully saturated rings. The van der Waals surface area contributed by atoms with Gasteiger partial charge in [-0.05, 0) is 11.5 Å². The van der Waals surface area contributed by atoms with E-state index < -0.39 is 0 Å². The molecule has 1 N–H and O–H groups in total. The molecule has 0 radical (unpaired) electrons. The molecule has 0 unspecified atom stereocenters. The summed E-state index contributed by atoms with van der Waals surface area (Å²) in [4.78, 5) is 8.21. The maximum Gasteiger partial charge on any atom is 0.225 e. The van der Waals surface area contributed by atoms with Gasteiger partial charge in [0.25, 0.3) is 0 Å². The molecule has 74 valence electrons. The molecule has 0 aliphatic rings. The molecular formula is C8H8ClN3OS. The number of alkyl halides is 1. The number of nitrogens with zero attached hydrogens (tertiary/aromatic N) is 2. The Morgan fingerprint density at radius 2 is 2.50 bits per heavy atom. The maximum atomic E-state index is 5.65. The van der Waals surface area contributed by atoms with E-state index in [2.05, 4.69) is 14.3 Å². The first-order valence-corrected chi connectivity index (χ1v) is 5.25. The normalized spacial score (nSPS) is 10.4. The summed E-state index contributed by atoms with van der Waals surface area (Å²) in [6.07, 6.45) is 1.72. The molecule has 0 spiro atoms. The standard InChI is InChI=1S/C8H8ClN3OS/c1-13-7-2-6(14-12-7)8-10-4-5(3-9)11-8/h2,4H,3H2,1H3,(H,10,11). The molecular weight excluding hydrogens is 222 g/mol. The maximum absolute atomic E-state index is 5.65. The van der Waals surface area contributed by atoms with Crippen molar-refractivity contribution in [2.24, 2.45) is 0 Å². The summed E-state index contributed by atoms with van der Waals surface area (Å²) in [5, 5.41) is 0. The van der Waals surface area contributed by atoms with Crippen LogP contribution in [-0.2, 0) is 5.88 Å². The zero-order valence-corrected chi connectivity index (χ0v) is 9.02. The van der Waals surface area contributed by atoms with Gasteiger partial charge in [-0.2, -0.15) is 4.37 Å². The third-order valence-corrected chi connectivity index (χ3v) is 2.77. The van der Waals surface area contributed by atoms with Crippen molar-refractivity contribution < 1.29 is 4.74 Å². The van der Waals surface area contributed by atoms with E-state index in [4.69, 9.17) is 16.3 Å². The fourth-order valence-electron chi connectivity index (χ4n) is 1.02. The molecule has 2 heterocycles. The lowest BCUT2D eigenvalue weighted by molar-refractivity contribution is 0.403. The van der Waals surface area contributed by atoms with E-state index in [1.54, 1.807) is 13.3 Å². The van der Waals surface area contributed by atoms with Crippen molar-refractivity contribution in [3.63, 3.8) is 0 Å². The minimum absolute atomic E-state index is 0.433. The van der Waals surface area contributed by atoms with Crippen LogP contribution in [0.25, 0.3) is 10.7 Å². The van der Waals surface area contributed by atoms with E-state index in [-0.39, 0.29) is 0 Å². The van der Waals surface area contributed by atoms with Crippen LogP contribution in [0.4, 0.5) is 0 Å². The molecule has 0 aromatic carbocycles. The largest absolute Gasteiger partial charge is 0.480 e. The zero-order valence-electron chi connectivity index (χ0n) is 7.45. The van der Waals surface area contributed by atoms with Crippen LogP contribution in [0, 0.1) is 0 Å². The summed E-state index contributed by atoms with van der Waals surface area (Å²) >= 11 is 6.99. The number of rotatable bonds is 3. The van der Waals surface area contributed by atoms with Gasteiger partial charge in [0, 0.05) is 18.0 Å². The smallest absolute Gasteiger partial charge is 0.225 e. The number of H-pyrrole nitrogens is 1. The second-order valence-corrected chi connectivity index (χ2v) is 3.70. The number of nitrogens with one attached hydrogen (secondary N) is 1. The summed E-state index contributed by atoms with van der Waals surface area (Å²) in [7, 11) is 1.59. The van der Waals surface area contributed by atoms with Crippen LogP contribution >= 0.6 is 23.1 Å². The van der Waals surface area contributed by atoms with Crippen molar-refractivity contribution >= 4 is 23.1 Å². The fraction of sp³-hybridized carbons (Fsp3) is 0.250. The predicted octanol–water partition coefficient (Wildman–Crippen LogP) is 2.28. The fourth-order valence-corrected chi connectivity index (χ4v) is 1.81. The predicted molar refractivity (Wildman–Crippen MR) is 55.8 cm³/mol. The van der Waals surface area contributed by atoms with Gasteiger partial charge in [-0.25, -0.2) is 4.98 Å². The Labute approximate surface area is 90.1 Å². The molecule has 2 aromatic rings. The Hall–Kier alpha value is -1.07. The first-order chi connectivity index (χ1) is 6.83. The summed E-state index contributed by atoms with van der Waals surface area (Å²) < 4.78 is 9.05. The molecule has 0 saturated carbocycles. The number of hydrogen-bond acceptors (Lipinski definition) is 4. The van der Waals surface area contributed by atoms with Gasteiger partial charge in [0.05, 0.1) is 17.9 Å². The molecule has 0 amide bonds. The zero-order chi connectivity index (χ0) is 9.97. The lowest BCUT2D eigenvalue weighted by atomic mass is 10.4. The average Bonchev–Trinajstić information content (AvgIpc) is 2.86. The minimum atomic E-state index is 0.433. The third kappa shape index (κ3) is 1.73. The van der Waals surface area contributed by atoms with Crippen LogP contribution in [0.2, 0.25) is 0 Å². The molecule has 6 heteroatoms. The highest BCUT2D eigenvalue weighted by molar-refractivity contribution is 7.09. The number of hydrogen-bond donors (Lipinski definition) is 1. The molecule has 0 bridgehead atoms. The van der Waals surface area contributed by atoms with Crippen LogP contribution in [-0.4, -0.2) is 21.5 Å². The lowest BCUT2D eigenvalue weighted by Gasteiger charge is -1.88. The van der Waals surface area contributed by atoms with Crippen LogP contribution in [0.5, 0.6) is 5.88 Å². The van der Waals surface area contributed by atoms with Gasteiger partial charge >= 0.3 is 0 Å². The van der Waals surface area contributed by atoms with Gasteiger partial charge in [-0.1, -0.05) is 0 Å². The molecule has 0 aliphatic carbocycles. The van der Waals surface area contributed by atoms with Crippen molar-refractivity contribution in [3.05, 3.63) is 18.0 Å². The van der Waals surface area contributed by atoms with Gasteiger partial charge in [-0.3, -0.25) is 0 Å². The van der Waals surface area contributed by atoms with Gasteiger partial charge in [-0.15, -0.1) is 11.6 Å². The van der Waals surface area contributed by atoms with Gasteiger partial charge < -0.3 is 9.72 Å². The SMILES string of the molecule is COc1cc(-c2ncc(CCl)[nH]2)sn1. The third-order valence-electron chi connectivity index (χ3n) is 1.70. The Bertz CT molecular complexity index is 385. The van der Waals surface area contributed by atoms with E-state index >= 15 is 0 Å². The van der Waals surface area contributed by atoms with Crippen LogP contribution < -0.4 is 4.74 Å². The highest BCUT2D eigenvalue weighted by atomic mass is 35.5. The summed E-state index contributed by atoms with van der Waals surface area (Å²) in [5.74, 6) is 1.82. The van der Waals surface area contributed by atoms with Crippen molar-refractivity contribution in [3.8, 4) is 16.6 Å². The second-order valence-electron chi connectivity index (χ2n) is 2.62. The molecule has 2 aromatic heterocycles. The van der Waals surface area contributed by atoms with E-state index in [0.29, 0.717) is 11.8 Å². The van der Waals surface area contributed by atoms with Gasteiger partial charge in [0.15, 0.2) is 0 Å². The van der Waals surface area contributed by atoms with Crippen molar-refractivity contribution in [1.29, 1.82) is 0 Å². The first-order valence-electron chi connectivity index (χ1n) is 3.94. The topological polar surface area (TPSA) is 50.8 Å². The van der Waals surface area contributed by atoms with Crippen molar-refractivity contribution in [2.75, 3.05) is 7.11 Å². The van der Waals surface area contributed by atoms with E-state index in [0.717, 1.165) is 16.4 Å². The summed E-state index contributed by atoms with van der Waals surface area (Å²) in [5.41, 5.74) is 0.897. The van der Waals surface area contributed by atoms with Crippen molar-refractivity contribution in [2.45, 2.75) is 5.88 Å². The second kappa shape index (κ2) is 3.98. The van der Waals surface area contributed by atoms with E-state index in [1.807, 2.05) is 6.07 Å². The minimum Gasteiger partial charge on any atom is -0.480 e.